The molecule has 1 aromatic heterocycles. The second-order valence-corrected chi connectivity index (χ2v) is 7.32. The quantitative estimate of drug-likeness (QED) is 0.689. The van der Waals surface area contributed by atoms with Gasteiger partial charge in [0.2, 0.25) is 5.90 Å². The number of aliphatic imine (C=N–C) groups is 1. The van der Waals surface area contributed by atoms with Crippen LogP contribution < -0.4 is 4.90 Å². The number of nitrogens with zero attached hydrogens (tertiary/aromatic N) is 3. The van der Waals surface area contributed by atoms with E-state index in [4.69, 9.17) is 9.47 Å². The van der Waals surface area contributed by atoms with Gasteiger partial charge < -0.3 is 14.4 Å². The van der Waals surface area contributed by atoms with Crippen molar-refractivity contribution >= 4 is 17.4 Å². The van der Waals surface area contributed by atoms with Crippen LogP contribution in [-0.2, 0) is 9.47 Å². The van der Waals surface area contributed by atoms with E-state index in [-0.39, 0.29) is 0 Å². The molecule has 2 aromatic rings. The van der Waals surface area contributed by atoms with Gasteiger partial charge in [-0.3, -0.25) is 0 Å². The summed E-state index contributed by atoms with van der Waals surface area (Å²) in [6.45, 7) is 0.311. The van der Waals surface area contributed by atoms with Crippen LogP contribution in [0.5, 0.6) is 0 Å². The monoisotopic (exact) mass is 387 g/mol. The summed E-state index contributed by atoms with van der Waals surface area (Å²) in [7, 11) is 4.07. The summed E-state index contributed by atoms with van der Waals surface area (Å²) in [5.74, 6) is 1.92. The van der Waals surface area contributed by atoms with Crippen LogP contribution in [-0.4, -0.2) is 31.6 Å². The van der Waals surface area contributed by atoms with E-state index < -0.39 is 0 Å². The van der Waals surface area contributed by atoms with E-state index in [2.05, 4.69) is 57.4 Å². The smallest absolute Gasteiger partial charge is 0.234 e. The van der Waals surface area contributed by atoms with Gasteiger partial charge in [-0.1, -0.05) is 35.9 Å². The van der Waals surface area contributed by atoms with Crippen molar-refractivity contribution in [1.29, 1.82) is 0 Å². The van der Waals surface area contributed by atoms with Crippen LogP contribution in [0.1, 0.15) is 19.3 Å². The largest absolute Gasteiger partial charge is 0.488 e. The Labute approximate surface area is 171 Å². The molecule has 148 valence electrons. The number of aromatic nitrogens is 1. The molecular formula is C24H25N3O2. The van der Waals surface area contributed by atoms with Gasteiger partial charge in [0.25, 0.3) is 0 Å². The third-order valence-corrected chi connectivity index (χ3v) is 4.87. The van der Waals surface area contributed by atoms with Crippen molar-refractivity contribution in [3.63, 3.8) is 0 Å². The SMILES string of the molecule is CN(C)c1ccc(-c2ccnc(N=C3COC=C(CC4=CC=CCC4)O3)c2)cc1. The molecule has 0 spiro atoms. The van der Waals surface area contributed by atoms with Crippen molar-refractivity contribution in [3.8, 4) is 11.1 Å². The highest BCUT2D eigenvalue weighted by molar-refractivity contribution is 5.82. The Morgan fingerprint density at radius 3 is 2.72 bits per heavy atom. The molecule has 0 fully saturated rings. The average molecular weight is 387 g/mol. The molecule has 0 unspecified atom stereocenters. The lowest BCUT2D eigenvalue weighted by molar-refractivity contribution is 0.211. The molecule has 5 nitrogen and oxygen atoms in total. The second-order valence-electron chi connectivity index (χ2n) is 7.32. The third kappa shape index (κ3) is 4.93. The summed E-state index contributed by atoms with van der Waals surface area (Å²) >= 11 is 0. The average Bonchev–Trinajstić information content (AvgIpc) is 2.75. The molecular weight excluding hydrogens is 362 g/mol. The molecule has 0 N–H and O–H groups in total. The second kappa shape index (κ2) is 8.78. The molecule has 0 atom stereocenters. The zero-order valence-corrected chi connectivity index (χ0v) is 16.8. The molecule has 4 rings (SSSR count). The predicted molar refractivity (Wildman–Crippen MR) is 117 cm³/mol. The van der Waals surface area contributed by atoms with E-state index in [1.165, 1.54) is 11.3 Å². The fourth-order valence-electron chi connectivity index (χ4n) is 3.31. The highest BCUT2D eigenvalue weighted by Crippen LogP contribution is 2.26. The van der Waals surface area contributed by atoms with Crippen molar-refractivity contribution in [2.75, 3.05) is 25.6 Å². The zero-order chi connectivity index (χ0) is 20.1. The van der Waals surface area contributed by atoms with Crippen molar-refractivity contribution < 1.29 is 9.47 Å². The van der Waals surface area contributed by atoms with E-state index in [1.807, 2.05) is 26.2 Å². The topological polar surface area (TPSA) is 47.0 Å². The molecule has 5 heteroatoms. The fraction of sp³-hybridized carbons (Fsp3) is 0.250. The van der Waals surface area contributed by atoms with Gasteiger partial charge in [-0.2, -0.15) is 4.99 Å². The molecule has 1 aromatic carbocycles. The number of hydrogen-bond acceptors (Lipinski definition) is 5. The number of hydrogen-bond donors (Lipinski definition) is 0. The van der Waals surface area contributed by atoms with Crippen LogP contribution in [0.25, 0.3) is 11.1 Å². The molecule has 0 amide bonds. The molecule has 0 radical (unpaired) electrons. The van der Waals surface area contributed by atoms with E-state index in [1.54, 1.807) is 12.5 Å². The van der Waals surface area contributed by atoms with E-state index >= 15 is 0 Å². The van der Waals surface area contributed by atoms with Gasteiger partial charge in [-0.15, -0.1) is 0 Å². The maximum Gasteiger partial charge on any atom is 0.234 e. The Hall–Kier alpha value is -3.34. The summed E-state index contributed by atoms with van der Waals surface area (Å²) in [5, 5.41) is 0. The van der Waals surface area contributed by atoms with Crippen LogP contribution >= 0.6 is 0 Å². The van der Waals surface area contributed by atoms with Crippen LogP contribution in [0.4, 0.5) is 11.5 Å². The Bertz CT molecular complexity index is 985. The molecule has 1 aliphatic heterocycles. The summed E-state index contributed by atoms with van der Waals surface area (Å²) < 4.78 is 11.5. The molecule has 2 heterocycles. The predicted octanol–water partition coefficient (Wildman–Crippen LogP) is 5.40. The van der Waals surface area contributed by atoms with Crippen molar-refractivity contribution in [1.82, 2.24) is 4.98 Å². The first kappa shape index (κ1) is 19.0. The van der Waals surface area contributed by atoms with Crippen LogP contribution in [0, 0.1) is 0 Å². The minimum absolute atomic E-state index is 0.311. The Morgan fingerprint density at radius 2 is 1.97 bits per heavy atom. The summed E-state index contributed by atoms with van der Waals surface area (Å²) in [6, 6.07) is 12.4. The molecule has 0 saturated carbocycles. The number of ether oxygens (including phenoxy) is 2. The summed E-state index contributed by atoms with van der Waals surface area (Å²) in [5.41, 5.74) is 4.69. The van der Waals surface area contributed by atoms with E-state index in [0.29, 0.717) is 18.3 Å². The molecule has 29 heavy (non-hydrogen) atoms. The minimum atomic E-state index is 0.311. The highest BCUT2D eigenvalue weighted by atomic mass is 16.6. The third-order valence-electron chi connectivity index (χ3n) is 4.87. The van der Waals surface area contributed by atoms with Gasteiger partial charge in [0.1, 0.15) is 12.0 Å². The first-order valence-electron chi connectivity index (χ1n) is 9.82. The fourth-order valence-corrected chi connectivity index (χ4v) is 3.31. The maximum absolute atomic E-state index is 5.96. The Morgan fingerprint density at radius 1 is 1.10 bits per heavy atom. The van der Waals surface area contributed by atoms with Crippen molar-refractivity contribution in [3.05, 3.63) is 78.4 Å². The number of allylic oxidation sites excluding steroid dienone is 4. The lowest BCUT2D eigenvalue weighted by atomic mass is 10.0. The van der Waals surface area contributed by atoms with Crippen LogP contribution in [0.2, 0.25) is 0 Å². The number of benzene rings is 1. The van der Waals surface area contributed by atoms with E-state index in [9.17, 15) is 0 Å². The first-order chi connectivity index (χ1) is 14.2. The van der Waals surface area contributed by atoms with Crippen LogP contribution in [0.3, 0.4) is 0 Å². The normalized spacial score (nSPS) is 17.2. The lowest BCUT2D eigenvalue weighted by Gasteiger charge is -2.18. The first-order valence-corrected chi connectivity index (χ1v) is 9.82. The Balaban J connectivity index is 1.48. The number of rotatable bonds is 5. The van der Waals surface area contributed by atoms with Crippen molar-refractivity contribution in [2.24, 2.45) is 4.99 Å². The van der Waals surface area contributed by atoms with Gasteiger partial charge in [0.15, 0.2) is 12.4 Å². The number of anilines is 1. The van der Waals surface area contributed by atoms with Crippen molar-refractivity contribution in [2.45, 2.75) is 19.3 Å². The zero-order valence-electron chi connectivity index (χ0n) is 16.8. The Kier molecular flexibility index (Phi) is 5.75. The minimum Gasteiger partial charge on any atom is -0.488 e. The molecule has 1 aliphatic carbocycles. The van der Waals surface area contributed by atoms with Crippen LogP contribution in [0.15, 0.2) is 83.4 Å². The van der Waals surface area contributed by atoms with Gasteiger partial charge in [-0.25, -0.2) is 4.98 Å². The molecule has 0 saturated heterocycles. The van der Waals surface area contributed by atoms with E-state index in [0.717, 1.165) is 36.1 Å². The summed E-state index contributed by atoms with van der Waals surface area (Å²) in [4.78, 5) is 11.0. The van der Waals surface area contributed by atoms with Gasteiger partial charge in [-0.05, 0) is 48.2 Å². The van der Waals surface area contributed by atoms with Gasteiger partial charge >= 0.3 is 0 Å². The standard InChI is InChI=1S/C24H25N3O2/c1-27(2)21-10-8-19(9-11-21)20-12-13-25-23(15-20)26-24-17-28-16-22(29-24)14-18-6-4-3-5-7-18/h3-4,6,8-13,15-16H,5,7,14,17H2,1-2H3. The molecule has 2 aliphatic rings. The summed E-state index contributed by atoms with van der Waals surface area (Å²) in [6.07, 6.45) is 12.8. The lowest BCUT2D eigenvalue weighted by Crippen LogP contribution is -2.17. The number of pyridine rings is 1. The van der Waals surface area contributed by atoms with Gasteiger partial charge in [0, 0.05) is 32.4 Å². The highest BCUT2D eigenvalue weighted by Gasteiger charge is 2.15. The molecule has 0 bridgehead atoms. The maximum atomic E-state index is 5.96. The van der Waals surface area contributed by atoms with Gasteiger partial charge in [0.05, 0.1) is 0 Å².